The predicted molar refractivity (Wildman–Crippen MR) is 50.8 cm³/mol. The van der Waals surface area contributed by atoms with E-state index in [4.69, 9.17) is 5.73 Å². The van der Waals surface area contributed by atoms with E-state index in [-0.39, 0.29) is 24.8 Å². The fraction of sp³-hybridized carbons (Fsp3) is 0.667. The van der Waals surface area contributed by atoms with Crippen molar-refractivity contribution in [1.29, 1.82) is 0 Å². The first-order valence-electron chi connectivity index (χ1n) is 3.47. The van der Waals surface area contributed by atoms with E-state index in [0.29, 0.717) is 12.1 Å². The lowest BCUT2D eigenvalue weighted by molar-refractivity contribution is 0.243. The summed E-state index contributed by atoms with van der Waals surface area (Å²) in [5.41, 5.74) is 5.61. The van der Waals surface area contributed by atoms with Crippen LogP contribution in [0.15, 0.2) is 12.4 Å². The molecule has 12 heavy (non-hydrogen) atoms. The van der Waals surface area contributed by atoms with Gasteiger partial charge in [-0.2, -0.15) is 0 Å². The molecule has 0 amide bonds. The number of hydrogen-bond donors (Lipinski definition) is 1. The van der Waals surface area contributed by atoms with Gasteiger partial charge in [-0.05, 0) is 12.8 Å². The van der Waals surface area contributed by atoms with Crippen LogP contribution in [-0.4, -0.2) is 21.0 Å². The van der Waals surface area contributed by atoms with Crippen LogP contribution >= 0.6 is 24.8 Å². The van der Waals surface area contributed by atoms with Crippen molar-refractivity contribution in [2.24, 2.45) is 5.73 Å². The summed E-state index contributed by atoms with van der Waals surface area (Å²) in [6.07, 6.45) is 5.67. The van der Waals surface area contributed by atoms with E-state index in [1.807, 2.05) is 10.9 Å². The zero-order chi connectivity index (χ0) is 6.97. The number of hydrogen-bond acceptors (Lipinski definition) is 3. The molecule has 0 atom stereocenters. The van der Waals surface area contributed by atoms with Crippen molar-refractivity contribution in [1.82, 2.24) is 15.0 Å². The SMILES string of the molecule is Cl.Cl.NC1CC(n2ccnn2)C1. The Hall–Kier alpha value is -0.320. The third-order valence-corrected chi connectivity index (χ3v) is 1.96. The highest BCUT2D eigenvalue weighted by molar-refractivity contribution is 5.85. The molecule has 0 spiro atoms. The van der Waals surface area contributed by atoms with Crippen molar-refractivity contribution in [2.45, 2.75) is 24.9 Å². The second-order valence-corrected chi connectivity index (χ2v) is 2.77. The van der Waals surface area contributed by atoms with Gasteiger partial charge in [0.1, 0.15) is 0 Å². The van der Waals surface area contributed by atoms with E-state index in [9.17, 15) is 0 Å². The van der Waals surface area contributed by atoms with Crippen LogP contribution in [0.4, 0.5) is 0 Å². The van der Waals surface area contributed by atoms with Crippen molar-refractivity contribution in [3.05, 3.63) is 12.4 Å². The summed E-state index contributed by atoms with van der Waals surface area (Å²) >= 11 is 0. The van der Waals surface area contributed by atoms with Gasteiger partial charge in [0.2, 0.25) is 0 Å². The van der Waals surface area contributed by atoms with Crippen molar-refractivity contribution in [3.63, 3.8) is 0 Å². The van der Waals surface area contributed by atoms with Crippen molar-refractivity contribution in [3.8, 4) is 0 Å². The molecule has 1 aromatic heterocycles. The molecule has 1 fully saturated rings. The molecule has 0 saturated heterocycles. The summed E-state index contributed by atoms with van der Waals surface area (Å²) in [6.45, 7) is 0. The first kappa shape index (κ1) is 11.7. The van der Waals surface area contributed by atoms with Gasteiger partial charge in [-0.25, -0.2) is 4.68 Å². The van der Waals surface area contributed by atoms with Gasteiger partial charge in [0.25, 0.3) is 0 Å². The summed E-state index contributed by atoms with van der Waals surface area (Å²) in [4.78, 5) is 0. The summed E-state index contributed by atoms with van der Waals surface area (Å²) in [7, 11) is 0. The fourth-order valence-electron chi connectivity index (χ4n) is 1.26. The third-order valence-electron chi connectivity index (χ3n) is 1.96. The Balaban J connectivity index is 0.000000605. The number of halogens is 2. The summed E-state index contributed by atoms with van der Waals surface area (Å²) < 4.78 is 1.88. The Bertz CT molecular complexity index is 207. The van der Waals surface area contributed by atoms with Gasteiger partial charge < -0.3 is 5.73 Å². The smallest absolute Gasteiger partial charge is 0.0693 e. The van der Waals surface area contributed by atoms with Crippen LogP contribution in [0.25, 0.3) is 0 Å². The molecular weight excluding hydrogens is 199 g/mol. The van der Waals surface area contributed by atoms with E-state index in [0.717, 1.165) is 12.8 Å². The quantitative estimate of drug-likeness (QED) is 0.746. The van der Waals surface area contributed by atoms with Crippen molar-refractivity contribution < 1.29 is 0 Å². The molecule has 0 bridgehead atoms. The normalized spacial score (nSPS) is 26.4. The minimum atomic E-state index is 0. The fourth-order valence-corrected chi connectivity index (χ4v) is 1.26. The molecule has 2 N–H and O–H groups in total. The highest BCUT2D eigenvalue weighted by Crippen LogP contribution is 2.29. The molecule has 1 aliphatic carbocycles. The maximum atomic E-state index is 5.61. The molecule has 6 heteroatoms. The van der Waals surface area contributed by atoms with Crippen LogP contribution in [0.5, 0.6) is 0 Å². The summed E-state index contributed by atoms with van der Waals surface area (Å²) in [6, 6.07) is 0.895. The molecule has 1 aliphatic rings. The Morgan fingerprint density at radius 1 is 1.33 bits per heavy atom. The maximum Gasteiger partial charge on any atom is 0.0693 e. The summed E-state index contributed by atoms with van der Waals surface area (Å²) in [5, 5.41) is 7.61. The maximum absolute atomic E-state index is 5.61. The highest BCUT2D eigenvalue weighted by Gasteiger charge is 2.27. The van der Waals surface area contributed by atoms with E-state index in [2.05, 4.69) is 10.3 Å². The standard InChI is InChI=1S/C6H10N4.2ClH/c7-5-3-6(4-5)10-2-1-8-9-10;;/h1-2,5-6H,3-4,7H2;2*1H. The third kappa shape index (κ3) is 2.09. The highest BCUT2D eigenvalue weighted by atomic mass is 35.5. The molecule has 70 valence electrons. The molecule has 1 heterocycles. The molecule has 0 unspecified atom stereocenters. The van der Waals surface area contributed by atoms with Gasteiger partial charge in [-0.1, -0.05) is 5.21 Å². The average Bonchev–Trinajstić information content (AvgIpc) is 2.31. The first-order valence-corrected chi connectivity index (χ1v) is 3.47. The monoisotopic (exact) mass is 210 g/mol. The lowest BCUT2D eigenvalue weighted by Gasteiger charge is -2.31. The van der Waals surface area contributed by atoms with Gasteiger partial charge in [0.05, 0.1) is 12.2 Å². The van der Waals surface area contributed by atoms with Crippen LogP contribution in [0.2, 0.25) is 0 Å². The van der Waals surface area contributed by atoms with Crippen LogP contribution in [0, 0.1) is 0 Å². The van der Waals surface area contributed by atoms with Crippen molar-refractivity contribution >= 4 is 24.8 Å². The zero-order valence-corrected chi connectivity index (χ0v) is 8.09. The molecule has 0 aliphatic heterocycles. The van der Waals surface area contributed by atoms with E-state index in [1.165, 1.54) is 0 Å². The Morgan fingerprint density at radius 2 is 2.00 bits per heavy atom. The molecule has 1 saturated carbocycles. The molecule has 4 nitrogen and oxygen atoms in total. The van der Waals surface area contributed by atoms with E-state index < -0.39 is 0 Å². The van der Waals surface area contributed by atoms with Crippen LogP contribution in [0.3, 0.4) is 0 Å². The lowest BCUT2D eigenvalue weighted by Crippen LogP contribution is -2.37. The predicted octanol–water partition coefficient (Wildman–Crippen LogP) is 0.784. The molecular formula is C6H12Cl2N4. The van der Waals surface area contributed by atoms with Gasteiger partial charge >= 0.3 is 0 Å². The minimum absolute atomic E-state index is 0. The second-order valence-electron chi connectivity index (χ2n) is 2.77. The number of aromatic nitrogens is 3. The number of rotatable bonds is 1. The number of nitrogens with zero attached hydrogens (tertiary/aromatic N) is 3. The van der Waals surface area contributed by atoms with Crippen molar-refractivity contribution in [2.75, 3.05) is 0 Å². The average molecular weight is 211 g/mol. The Labute approximate surface area is 83.3 Å². The van der Waals surface area contributed by atoms with Crippen LogP contribution in [-0.2, 0) is 0 Å². The Kier molecular flexibility index (Phi) is 4.52. The van der Waals surface area contributed by atoms with Gasteiger partial charge in [-0.3, -0.25) is 0 Å². The van der Waals surface area contributed by atoms with E-state index in [1.54, 1.807) is 6.20 Å². The molecule has 2 rings (SSSR count). The van der Waals surface area contributed by atoms with Gasteiger partial charge in [-0.15, -0.1) is 29.9 Å². The first-order chi connectivity index (χ1) is 4.86. The molecule has 0 aromatic carbocycles. The topological polar surface area (TPSA) is 56.7 Å². The largest absolute Gasteiger partial charge is 0.328 e. The van der Waals surface area contributed by atoms with E-state index >= 15 is 0 Å². The molecule has 0 radical (unpaired) electrons. The minimum Gasteiger partial charge on any atom is -0.328 e. The zero-order valence-electron chi connectivity index (χ0n) is 6.46. The van der Waals surface area contributed by atoms with Crippen LogP contribution < -0.4 is 5.73 Å². The summed E-state index contributed by atoms with van der Waals surface area (Å²) in [5.74, 6) is 0. The number of nitrogens with two attached hydrogens (primary N) is 1. The molecule has 1 aromatic rings. The lowest BCUT2D eigenvalue weighted by atomic mass is 9.88. The Morgan fingerprint density at radius 3 is 2.42 bits per heavy atom. The van der Waals surface area contributed by atoms with Gasteiger partial charge in [0, 0.05) is 12.2 Å². The van der Waals surface area contributed by atoms with Crippen LogP contribution in [0.1, 0.15) is 18.9 Å². The van der Waals surface area contributed by atoms with Gasteiger partial charge in [0.15, 0.2) is 0 Å². The second kappa shape index (κ2) is 4.64.